The van der Waals surface area contributed by atoms with E-state index < -0.39 is 12.1 Å². The molecule has 1 aromatic carbocycles. The summed E-state index contributed by atoms with van der Waals surface area (Å²) >= 11 is 1.68. The maximum absolute atomic E-state index is 13.4. The number of hydrogen-bond acceptors (Lipinski definition) is 5. The highest BCUT2D eigenvalue weighted by molar-refractivity contribution is 7.10. The van der Waals surface area contributed by atoms with Gasteiger partial charge in [-0.05, 0) is 73.3 Å². The highest BCUT2D eigenvalue weighted by Gasteiger charge is 2.29. The monoisotopic (exact) mass is 474 g/mol. The SMILES string of the molecule is C[C@H](OC(=O)c1c2c(nc3ccccc13)/C(=C/c1cccs1)CC2)C(=O)NCC1CCCCC1. The average Bonchev–Trinajstić information content (AvgIpc) is 3.52. The van der Waals surface area contributed by atoms with Crippen LogP contribution in [0.25, 0.3) is 22.6 Å². The highest BCUT2D eigenvalue weighted by Crippen LogP contribution is 2.38. The van der Waals surface area contributed by atoms with Crippen LogP contribution in [0.3, 0.4) is 0 Å². The molecule has 1 atom stereocenters. The number of fused-ring (bicyclic) bond motifs is 2. The number of pyridine rings is 1. The second-order valence-electron chi connectivity index (χ2n) is 9.31. The number of rotatable bonds is 6. The molecule has 1 saturated carbocycles. The molecule has 2 aliphatic rings. The molecule has 0 radical (unpaired) electrons. The van der Waals surface area contributed by atoms with Gasteiger partial charge >= 0.3 is 5.97 Å². The van der Waals surface area contributed by atoms with Crippen LogP contribution in [-0.2, 0) is 16.0 Å². The number of allylic oxidation sites excluding steroid dienone is 1. The molecule has 2 heterocycles. The Kier molecular flexibility index (Phi) is 6.77. The summed E-state index contributed by atoms with van der Waals surface area (Å²) in [6, 6.07) is 11.8. The molecule has 0 aliphatic heterocycles. The summed E-state index contributed by atoms with van der Waals surface area (Å²) in [6.07, 6.45) is 8.94. The minimum atomic E-state index is -0.846. The molecule has 1 amide bonds. The van der Waals surface area contributed by atoms with E-state index in [1.807, 2.05) is 30.3 Å². The average molecular weight is 475 g/mol. The molecular weight excluding hydrogens is 444 g/mol. The van der Waals surface area contributed by atoms with Crippen molar-refractivity contribution >= 4 is 45.8 Å². The van der Waals surface area contributed by atoms with Gasteiger partial charge in [0.2, 0.25) is 0 Å². The fourth-order valence-electron chi connectivity index (χ4n) is 5.11. The molecule has 34 heavy (non-hydrogen) atoms. The fraction of sp³-hybridized carbons (Fsp3) is 0.393. The Morgan fingerprint density at radius 2 is 1.97 bits per heavy atom. The van der Waals surface area contributed by atoms with Crippen molar-refractivity contribution in [3.63, 3.8) is 0 Å². The summed E-state index contributed by atoms with van der Waals surface area (Å²) in [4.78, 5) is 32.2. The third kappa shape index (κ3) is 4.78. The minimum Gasteiger partial charge on any atom is -0.449 e. The van der Waals surface area contributed by atoms with E-state index in [-0.39, 0.29) is 5.91 Å². The van der Waals surface area contributed by atoms with Gasteiger partial charge in [-0.1, -0.05) is 43.5 Å². The van der Waals surface area contributed by atoms with Gasteiger partial charge in [0.15, 0.2) is 6.10 Å². The van der Waals surface area contributed by atoms with Crippen LogP contribution in [0.15, 0.2) is 41.8 Å². The van der Waals surface area contributed by atoms with E-state index >= 15 is 0 Å². The highest BCUT2D eigenvalue weighted by atomic mass is 32.1. The Bertz CT molecular complexity index is 1230. The van der Waals surface area contributed by atoms with Gasteiger partial charge < -0.3 is 10.1 Å². The largest absolute Gasteiger partial charge is 0.449 e. The van der Waals surface area contributed by atoms with Crippen LogP contribution in [0.4, 0.5) is 0 Å². The van der Waals surface area contributed by atoms with Crippen molar-refractivity contribution in [1.29, 1.82) is 0 Å². The number of esters is 1. The number of nitrogens with one attached hydrogen (secondary N) is 1. The summed E-state index contributed by atoms with van der Waals surface area (Å²) in [5.41, 5.74) is 4.23. The van der Waals surface area contributed by atoms with Crippen molar-refractivity contribution in [2.75, 3.05) is 6.54 Å². The number of nitrogens with zero attached hydrogens (tertiary/aromatic N) is 1. The van der Waals surface area contributed by atoms with E-state index in [9.17, 15) is 9.59 Å². The van der Waals surface area contributed by atoms with Crippen LogP contribution in [0.5, 0.6) is 0 Å². The number of carbonyl (C=O) groups is 2. The van der Waals surface area contributed by atoms with Crippen molar-refractivity contribution in [2.45, 2.75) is 58.0 Å². The molecule has 2 aliphatic carbocycles. The molecule has 2 aromatic heterocycles. The number of ether oxygens (including phenoxy) is 1. The van der Waals surface area contributed by atoms with Crippen LogP contribution < -0.4 is 5.32 Å². The number of carbonyl (C=O) groups excluding carboxylic acids is 2. The number of benzene rings is 1. The van der Waals surface area contributed by atoms with Crippen molar-refractivity contribution in [3.8, 4) is 0 Å². The van der Waals surface area contributed by atoms with E-state index in [4.69, 9.17) is 9.72 Å². The predicted molar refractivity (Wildman–Crippen MR) is 137 cm³/mol. The molecule has 6 heteroatoms. The fourth-order valence-corrected chi connectivity index (χ4v) is 5.79. The van der Waals surface area contributed by atoms with Crippen molar-refractivity contribution in [1.82, 2.24) is 10.3 Å². The summed E-state index contributed by atoms with van der Waals surface area (Å²) in [5.74, 6) is -0.152. The number of para-hydroxylation sites is 1. The van der Waals surface area contributed by atoms with Gasteiger partial charge in [-0.2, -0.15) is 0 Å². The van der Waals surface area contributed by atoms with Crippen LogP contribution in [0.1, 0.15) is 71.9 Å². The van der Waals surface area contributed by atoms with Gasteiger partial charge in [0, 0.05) is 16.8 Å². The molecule has 3 aromatic rings. The molecule has 0 saturated heterocycles. The van der Waals surface area contributed by atoms with E-state index in [1.165, 1.54) is 24.1 Å². The lowest BCUT2D eigenvalue weighted by molar-refractivity contribution is -0.129. The number of hydrogen-bond donors (Lipinski definition) is 1. The Hall–Kier alpha value is -2.99. The first-order valence-corrected chi connectivity index (χ1v) is 13.1. The molecule has 0 spiro atoms. The number of thiophene rings is 1. The lowest BCUT2D eigenvalue weighted by Crippen LogP contribution is -2.38. The van der Waals surface area contributed by atoms with Gasteiger partial charge in [0.25, 0.3) is 5.91 Å². The van der Waals surface area contributed by atoms with E-state index in [0.29, 0.717) is 18.0 Å². The Labute approximate surface area is 204 Å². The van der Waals surface area contributed by atoms with Gasteiger partial charge in [-0.15, -0.1) is 11.3 Å². The summed E-state index contributed by atoms with van der Waals surface area (Å²) in [5, 5.41) is 5.83. The number of aromatic nitrogens is 1. The molecular formula is C28H30N2O3S. The third-order valence-corrected chi connectivity index (χ3v) is 7.77. The van der Waals surface area contributed by atoms with Crippen LogP contribution >= 0.6 is 11.3 Å². The molecule has 1 N–H and O–H groups in total. The Balaban J connectivity index is 1.38. The maximum Gasteiger partial charge on any atom is 0.339 e. The number of amides is 1. The van der Waals surface area contributed by atoms with Gasteiger partial charge in [0.05, 0.1) is 16.8 Å². The predicted octanol–water partition coefficient (Wildman–Crippen LogP) is 6.02. The summed E-state index contributed by atoms with van der Waals surface area (Å²) in [6.45, 7) is 2.31. The molecule has 5 nitrogen and oxygen atoms in total. The van der Waals surface area contributed by atoms with Gasteiger partial charge in [0.1, 0.15) is 0 Å². The second kappa shape index (κ2) is 10.1. The van der Waals surface area contributed by atoms with Crippen LogP contribution in [0.2, 0.25) is 0 Å². The molecule has 5 rings (SSSR count). The van der Waals surface area contributed by atoms with E-state index in [1.54, 1.807) is 18.3 Å². The lowest BCUT2D eigenvalue weighted by Gasteiger charge is -2.23. The zero-order chi connectivity index (χ0) is 23.5. The van der Waals surface area contributed by atoms with Crippen molar-refractivity contribution < 1.29 is 14.3 Å². The molecule has 0 bridgehead atoms. The zero-order valence-electron chi connectivity index (χ0n) is 19.5. The maximum atomic E-state index is 13.4. The topological polar surface area (TPSA) is 68.3 Å². The van der Waals surface area contributed by atoms with E-state index in [2.05, 4.69) is 22.8 Å². The third-order valence-electron chi connectivity index (χ3n) is 6.95. The first-order valence-electron chi connectivity index (χ1n) is 12.2. The molecule has 1 fully saturated rings. The van der Waals surface area contributed by atoms with Crippen molar-refractivity contribution in [3.05, 3.63) is 63.5 Å². The normalized spacial score (nSPS) is 18.1. The van der Waals surface area contributed by atoms with E-state index in [0.717, 1.165) is 53.4 Å². The minimum absolute atomic E-state index is 0.229. The quantitative estimate of drug-likeness (QED) is 0.443. The van der Waals surface area contributed by atoms with Gasteiger partial charge in [-0.25, -0.2) is 9.78 Å². The Morgan fingerprint density at radius 3 is 2.76 bits per heavy atom. The Morgan fingerprint density at radius 1 is 1.15 bits per heavy atom. The van der Waals surface area contributed by atoms with Gasteiger partial charge in [-0.3, -0.25) is 4.79 Å². The lowest BCUT2D eigenvalue weighted by atomic mass is 9.89. The van der Waals surface area contributed by atoms with Crippen LogP contribution in [-0.4, -0.2) is 29.5 Å². The zero-order valence-corrected chi connectivity index (χ0v) is 20.3. The second-order valence-corrected chi connectivity index (χ2v) is 10.3. The summed E-state index contributed by atoms with van der Waals surface area (Å²) in [7, 11) is 0. The first-order chi connectivity index (χ1) is 16.6. The first kappa shape index (κ1) is 22.8. The molecule has 0 unspecified atom stereocenters. The van der Waals surface area contributed by atoms with Crippen LogP contribution in [0, 0.1) is 5.92 Å². The smallest absolute Gasteiger partial charge is 0.339 e. The standard InChI is InChI=1S/C28H30N2O3S/c1-18(27(31)29-17-19-8-3-2-4-9-19)33-28(32)25-22-11-5-6-12-24(22)30-26-20(13-14-23(25)26)16-21-10-7-15-34-21/h5-7,10-12,15-16,18-19H,2-4,8-9,13-14,17H2,1H3,(H,29,31)/b20-16+/t18-/m0/s1. The molecule has 176 valence electrons. The summed E-state index contributed by atoms with van der Waals surface area (Å²) < 4.78 is 5.72. The van der Waals surface area contributed by atoms with Crippen molar-refractivity contribution in [2.24, 2.45) is 5.92 Å².